The number of nitrogen functional groups attached to an aromatic ring is 1. The van der Waals surface area contributed by atoms with Crippen LogP contribution in [0, 0.1) is 11.8 Å². The first-order chi connectivity index (χ1) is 13.4. The largest absolute Gasteiger partial charge is 0.394 e. The first-order valence-electron chi connectivity index (χ1n) is 8.75. The fourth-order valence-electron chi connectivity index (χ4n) is 3.41. The van der Waals surface area contributed by atoms with Crippen LogP contribution >= 0.6 is 0 Å². The highest BCUT2D eigenvalue weighted by Gasteiger charge is 2.55. The second kappa shape index (κ2) is 6.87. The van der Waals surface area contributed by atoms with Gasteiger partial charge in [0.2, 0.25) is 0 Å². The summed E-state index contributed by atoms with van der Waals surface area (Å²) in [6.07, 6.45) is -0.884. The summed E-state index contributed by atoms with van der Waals surface area (Å²) in [6.45, 7) is 0.720. The lowest BCUT2D eigenvalue weighted by Gasteiger charge is -2.25. The van der Waals surface area contributed by atoms with Crippen molar-refractivity contribution in [1.82, 2.24) is 14.5 Å². The van der Waals surface area contributed by atoms with Crippen molar-refractivity contribution in [3.05, 3.63) is 54.0 Å². The average Bonchev–Trinajstić information content (AvgIpc) is 3.17. The van der Waals surface area contributed by atoms with Crippen LogP contribution in [0.15, 0.2) is 42.9 Å². The molecule has 1 aliphatic heterocycles. The Kier molecular flexibility index (Phi) is 4.51. The van der Waals surface area contributed by atoms with Crippen molar-refractivity contribution in [2.75, 3.05) is 12.3 Å². The molecule has 3 heterocycles. The second-order valence-electron chi connectivity index (χ2n) is 6.83. The molecule has 0 aliphatic carbocycles. The topological polar surface area (TPSA) is 106 Å². The molecule has 0 saturated carbocycles. The molecule has 28 heavy (non-hydrogen) atoms. The number of rotatable bonds is 2. The molecule has 0 radical (unpaired) electrons. The molecular formula is C20H19FN4O3. The molecule has 1 fully saturated rings. The van der Waals surface area contributed by atoms with Crippen molar-refractivity contribution in [2.24, 2.45) is 0 Å². The van der Waals surface area contributed by atoms with E-state index in [1.54, 1.807) is 6.20 Å². The number of anilines is 1. The lowest BCUT2D eigenvalue weighted by atomic mass is 9.98. The molecule has 144 valence electrons. The van der Waals surface area contributed by atoms with Crippen molar-refractivity contribution < 1.29 is 19.3 Å². The van der Waals surface area contributed by atoms with E-state index in [1.807, 2.05) is 30.3 Å². The normalized spacial score (nSPS) is 26.9. The second-order valence-corrected chi connectivity index (χ2v) is 6.83. The fraction of sp³-hybridized carbons (Fsp3) is 0.300. The molecule has 4 N–H and O–H groups in total. The molecular weight excluding hydrogens is 363 g/mol. The van der Waals surface area contributed by atoms with Crippen molar-refractivity contribution >= 4 is 16.9 Å². The number of alkyl halides is 1. The molecule has 4 rings (SSSR count). The SMILES string of the molecule is C[C@@]1(F)C(O)C(CO)O[C@H]1n1cc(C#Cc2ccccc2)c2c(N)ncnc21. The van der Waals surface area contributed by atoms with Crippen LogP contribution in [0.25, 0.3) is 11.0 Å². The third-order valence-electron chi connectivity index (χ3n) is 4.90. The van der Waals surface area contributed by atoms with E-state index in [0.29, 0.717) is 16.6 Å². The van der Waals surface area contributed by atoms with Gasteiger partial charge in [-0.2, -0.15) is 0 Å². The van der Waals surface area contributed by atoms with Crippen molar-refractivity contribution in [2.45, 2.75) is 31.0 Å². The molecule has 1 saturated heterocycles. The molecule has 0 bridgehead atoms. The minimum absolute atomic E-state index is 0.207. The Balaban J connectivity index is 1.85. The monoisotopic (exact) mass is 382 g/mol. The highest BCUT2D eigenvalue weighted by Crippen LogP contribution is 2.43. The van der Waals surface area contributed by atoms with Gasteiger partial charge in [-0.15, -0.1) is 0 Å². The van der Waals surface area contributed by atoms with E-state index in [9.17, 15) is 10.2 Å². The van der Waals surface area contributed by atoms with E-state index in [4.69, 9.17) is 10.5 Å². The van der Waals surface area contributed by atoms with Crippen LogP contribution < -0.4 is 5.73 Å². The summed E-state index contributed by atoms with van der Waals surface area (Å²) in [5.41, 5.74) is 5.54. The van der Waals surface area contributed by atoms with Gasteiger partial charge in [0.1, 0.15) is 30.0 Å². The summed E-state index contributed by atoms with van der Waals surface area (Å²) in [7, 11) is 0. The minimum atomic E-state index is -2.15. The Morgan fingerprint density at radius 3 is 2.71 bits per heavy atom. The van der Waals surface area contributed by atoms with E-state index >= 15 is 4.39 Å². The number of halogens is 1. The maximum atomic E-state index is 15.3. The summed E-state index contributed by atoms with van der Waals surface area (Å²) in [4.78, 5) is 8.22. The molecule has 0 spiro atoms. The molecule has 7 nitrogen and oxygen atoms in total. The highest BCUT2D eigenvalue weighted by molar-refractivity contribution is 5.92. The summed E-state index contributed by atoms with van der Waals surface area (Å²) < 4.78 is 22.3. The molecule has 2 aromatic heterocycles. The standard InChI is InChI=1S/C20H19FN4O3/c1-20(21)16(27)14(10-26)28-19(20)25-9-13(8-7-12-5-3-2-4-6-12)15-17(22)23-11-24-18(15)25/h2-6,9,11,14,16,19,26-27H,10H2,1H3,(H2,22,23,24)/t14?,16?,19-,20-/m1/s1. The zero-order chi connectivity index (χ0) is 19.9. The Labute approximate surface area is 160 Å². The lowest BCUT2D eigenvalue weighted by molar-refractivity contribution is -0.0564. The number of benzene rings is 1. The molecule has 0 amide bonds. The summed E-state index contributed by atoms with van der Waals surface area (Å²) in [5.74, 6) is 6.27. The zero-order valence-electron chi connectivity index (χ0n) is 15.1. The van der Waals surface area contributed by atoms with Crippen LogP contribution in [0.5, 0.6) is 0 Å². The van der Waals surface area contributed by atoms with Crippen LogP contribution in [0.3, 0.4) is 0 Å². The summed E-state index contributed by atoms with van der Waals surface area (Å²) in [5, 5.41) is 20.0. The number of hydrogen-bond donors (Lipinski definition) is 3. The Morgan fingerprint density at radius 2 is 2.04 bits per heavy atom. The van der Waals surface area contributed by atoms with Gasteiger partial charge in [0.05, 0.1) is 17.6 Å². The first kappa shape index (κ1) is 18.4. The molecule has 3 aromatic rings. The number of aliphatic hydroxyl groups is 2. The maximum absolute atomic E-state index is 15.3. The van der Waals surface area contributed by atoms with Crippen LogP contribution in [0.4, 0.5) is 10.2 Å². The van der Waals surface area contributed by atoms with E-state index in [2.05, 4.69) is 21.8 Å². The number of nitrogens with two attached hydrogens (primary N) is 1. The van der Waals surface area contributed by atoms with Crippen molar-refractivity contribution in [1.29, 1.82) is 0 Å². The van der Waals surface area contributed by atoms with Gasteiger partial charge < -0.3 is 25.3 Å². The average molecular weight is 382 g/mol. The zero-order valence-corrected chi connectivity index (χ0v) is 15.1. The number of fused-ring (bicyclic) bond motifs is 1. The number of nitrogens with zero attached hydrogens (tertiary/aromatic N) is 3. The Bertz CT molecular complexity index is 1070. The summed E-state index contributed by atoms with van der Waals surface area (Å²) in [6, 6.07) is 9.38. The van der Waals surface area contributed by atoms with E-state index in [1.165, 1.54) is 17.8 Å². The van der Waals surface area contributed by atoms with E-state index in [0.717, 1.165) is 5.56 Å². The van der Waals surface area contributed by atoms with Gasteiger partial charge >= 0.3 is 0 Å². The third-order valence-corrected chi connectivity index (χ3v) is 4.90. The number of aromatic nitrogens is 3. The van der Waals surface area contributed by atoms with E-state index < -0.39 is 30.7 Å². The van der Waals surface area contributed by atoms with Crippen molar-refractivity contribution in [3.8, 4) is 11.8 Å². The van der Waals surface area contributed by atoms with E-state index in [-0.39, 0.29) is 5.82 Å². The van der Waals surface area contributed by atoms with Crippen LogP contribution in [-0.2, 0) is 4.74 Å². The maximum Gasteiger partial charge on any atom is 0.181 e. The predicted octanol–water partition coefficient (Wildman–Crippen LogP) is 1.39. The molecule has 1 aliphatic rings. The first-order valence-corrected chi connectivity index (χ1v) is 8.75. The van der Waals surface area contributed by atoms with Crippen molar-refractivity contribution in [3.63, 3.8) is 0 Å². The fourth-order valence-corrected chi connectivity index (χ4v) is 3.41. The molecule has 8 heteroatoms. The number of aliphatic hydroxyl groups excluding tert-OH is 2. The predicted molar refractivity (Wildman–Crippen MR) is 101 cm³/mol. The van der Waals surface area contributed by atoms with Crippen LogP contribution in [0.1, 0.15) is 24.3 Å². The molecule has 4 atom stereocenters. The third kappa shape index (κ3) is 2.90. The van der Waals surface area contributed by atoms with Gasteiger partial charge in [-0.05, 0) is 19.1 Å². The van der Waals surface area contributed by atoms with Gasteiger partial charge in [-0.3, -0.25) is 0 Å². The van der Waals surface area contributed by atoms with Gasteiger partial charge in [0, 0.05) is 11.8 Å². The number of ether oxygens (including phenoxy) is 1. The quantitative estimate of drug-likeness (QED) is 0.579. The Morgan fingerprint density at radius 1 is 1.29 bits per heavy atom. The van der Waals surface area contributed by atoms with Gasteiger partial charge in [0.15, 0.2) is 11.9 Å². The summed E-state index contributed by atoms with van der Waals surface area (Å²) >= 11 is 0. The molecule has 1 aromatic carbocycles. The van der Waals surface area contributed by atoms with Crippen LogP contribution in [-0.4, -0.2) is 49.2 Å². The highest BCUT2D eigenvalue weighted by atomic mass is 19.1. The molecule has 2 unspecified atom stereocenters. The van der Waals surface area contributed by atoms with Gasteiger partial charge in [0.25, 0.3) is 0 Å². The van der Waals surface area contributed by atoms with Crippen LogP contribution in [0.2, 0.25) is 0 Å². The van der Waals surface area contributed by atoms with Gasteiger partial charge in [-0.1, -0.05) is 30.0 Å². The minimum Gasteiger partial charge on any atom is -0.394 e. The van der Waals surface area contributed by atoms with Gasteiger partial charge in [-0.25, -0.2) is 14.4 Å². The smallest absolute Gasteiger partial charge is 0.181 e. The Hall–Kier alpha value is -2.99. The lowest BCUT2D eigenvalue weighted by Crippen LogP contribution is -2.40. The number of hydrogen-bond acceptors (Lipinski definition) is 6.